The van der Waals surface area contributed by atoms with Crippen molar-refractivity contribution in [1.29, 1.82) is 0 Å². The van der Waals surface area contributed by atoms with Gasteiger partial charge in [0.1, 0.15) is 0 Å². The monoisotopic (exact) mass is 320 g/mol. The summed E-state index contributed by atoms with van der Waals surface area (Å²) in [5.74, 6) is 0.768. The summed E-state index contributed by atoms with van der Waals surface area (Å²) in [6.45, 7) is 3.52. The molecule has 0 saturated heterocycles. The Labute approximate surface area is 138 Å². The van der Waals surface area contributed by atoms with Gasteiger partial charge in [0.2, 0.25) is 5.91 Å². The molecule has 2 rings (SSSR count). The lowest BCUT2D eigenvalue weighted by Crippen LogP contribution is -2.44. The van der Waals surface area contributed by atoms with Gasteiger partial charge in [-0.15, -0.1) is 11.8 Å². The van der Waals surface area contributed by atoms with E-state index in [0.29, 0.717) is 18.5 Å². The Hall–Kier alpha value is -1.00. The molecule has 0 radical (unpaired) electrons. The van der Waals surface area contributed by atoms with Crippen molar-refractivity contribution >= 4 is 17.7 Å². The van der Waals surface area contributed by atoms with Gasteiger partial charge in [-0.3, -0.25) is 9.69 Å². The van der Waals surface area contributed by atoms with Gasteiger partial charge in [-0.25, -0.2) is 0 Å². The molecule has 4 heteroatoms. The molecule has 0 unspecified atom stereocenters. The molecule has 1 aromatic carbocycles. The van der Waals surface area contributed by atoms with Crippen LogP contribution < -0.4 is 5.32 Å². The molecule has 1 fully saturated rings. The van der Waals surface area contributed by atoms with Crippen molar-refractivity contribution in [1.82, 2.24) is 10.2 Å². The van der Waals surface area contributed by atoms with Gasteiger partial charge in [0, 0.05) is 17.5 Å². The van der Waals surface area contributed by atoms with Crippen LogP contribution in [-0.4, -0.2) is 36.7 Å². The van der Waals surface area contributed by atoms with Crippen LogP contribution in [-0.2, 0) is 11.3 Å². The normalized spacial score (nSPS) is 21.8. The van der Waals surface area contributed by atoms with E-state index in [1.54, 1.807) is 11.8 Å². The molecule has 3 nitrogen and oxygen atoms in total. The van der Waals surface area contributed by atoms with E-state index in [1.165, 1.54) is 29.7 Å². The predicted octanol–water partition coefficient (Wildman–Crippen LogP) is 3.54. The molecule has 1 aromatic rings. The second-order valence-corrected chi connectivity index (χ2v) is 7.34. The first-order valence-electron chi connectivity index (χ1n) is 8.19. The molecule has 0 spiro atoms. The van der Waals surface area contributed by atoms with E-state index in [9.17, 15) is 4.79 Å². The van der Waals surface area contributed by atoms with Crippen LogP contribution in [0.1, 0.15) is 38.2 Å². The Morgan fingerprint density at radius 1 is 1.27 bits per heavy atom. The fourth-order valence-electron chi connectivity index (χ4n) is 3.13. The summed E-state index contributed by atoms with van der Waals surface area (Å²) >= 11 is 1.75. The molecule has 1 aliphatic rings. The summed E-state index contributed by atoms with van der Waals surface area (Å²) in [4.78, 5) is 15.6. The van der Waals surface area contributed by atoms with E-state index >= 15 is 0 Å². The van der Waals surface area contributed by atoms with Crippen LogP contribution >= 0.6 is 11.8 Å². The van der Waals surface area contributed by atoms with Crippen molar-refractivity contribution in [3.8, 4) is 0 Å². The zero-order chi connectivity index (χ0) is 15.9. The molecule has 1 N–H and O–H groups in total. The number of nitrogens with one attached hydrogen (secondary N) is 1. The van der Waals surface area contributed by atoms with Gasteiger partial charge >= 0.3 is 0 Å². The minimum Gasteiger partial charge on any atom is -0.352 e. The third-order valence-corrected chi connectivity index (χ3v) is 5.23. The van der Waals surface area contributed by atoms with Gasteiger partial charge in [-0.2, -0.15) is 0 Å². The highest BCUT2D eigenvalue weighted by Gasteiger charge is 2.22. The SMILES string of the molecule is CSc1ccc(CN(C)CC(=O)N[C@H]2CCCC[C@H]2C)cc1. The second kappa shape index (κ2) is 8.59. The van der Waals surface area contributed by atoms with Crippen LogP contribution in [0.3, 0.4) is 0 Å². The van der Waals surface area contributed by atoms with Crippen LogP contribution in [0.4, 0.5) is 0 Å². The fraction of sp³-hybridized carbons (Fsp3) is 0.611. The van der Waals surface area contributed by atoms with Crippen molar-refractivity contribution < 1.29 is 4.79 Å². The predicted molar refractivity (Wildman–Crippen MR) is 94.1 cm³/mol. The lowest BCUT2D eigenvalue weighted by molar-refractivity contribution is -0.123. The first-order valence-corrected chi connectivity index (χ1v) is 9.42. The molecule has 1 saturated carbocycles. The standard InChI is InChI=1S/C18H28N2OS/c1-14-6-4-5-7-17(14)19-18(21)13-20(2)12-15-8-10-16(22-3)11-9-15/h8-11,14,17H,4-7,12-13H2,1-3H3,(H,19,21)/t14-,17+/m1/s1. The molecular formula is C18H28N2OS. The largest absolute Gasteiger partial charge is 0.352 e. The van der Waals surface area contributed by atoms with Crippen LogP contribution in [0.25, 0.3) is 0 Å². The minimum atomic E-state index is 0.155. The van der Waals surface area contributed by atoms with Gasteiger partial charge in [-0.1, -0.05) is 31.9 Å². The Bertz CT molecular complexity index is 474. The number of hydrogen-bond donors (Lipinski definition) is 1. The summed E-state index contributed by atoms with van der Waals surface area (Å²) in [5, 5.41) is 3.22. The Morgan fingerprint density at radius 2 is 1.95 bits per heavy atom. The van der Waals surface area contributed by atoms with Gasteiger partial charge < -0.3 is 5.32 Å². The maximum Gasteiger partial charge on any atom is 0.234 e. The molecule has 2 atom stereocenters. The topological polar surface area (TPSA) is 32.3 Å². The summed E-state index contributed by atoms with van der Waals surface area (Å²) < 4.78 is 0. The van der Waals surface area contributed by atoms with Gasteiger partial charge in [-0.05, 0) is 49.8 Å². The van der Waals surface area contributed by atoms with E-state index < -0.39 is 0 Å². The summed E-state index contributed by atoms with van der Waals surface area (Å²) in [5.41, 5.74) is 1.25. The average molecular weight is 321 g/mol. The van der Waals surface area contributed by atoms with Crippen molar-refractivity contribution in [2.24, 2.45) is 5.92 Å². The maximum absolute atomic E-state index is 12.2. The quantitative estimate of drug-likeness (QED) is 0.814. The molecular weight excluding hydrogens is 292 g/mol. The van der Waals surface area contributed by atoms with Crippen LogP contribution in [0.15, 0.2) is 29.2 Å². The van der Waals surface area contributed by atoms with E-state index in [4.69, 9.17) is 0 Å². The average Bonchev–Trinajstić information content (AvgIpc) is 2.50. The maximum atomic E-state index is 12.2. The minimum absolute atomic E-state index is 0.155. The van der Waals surface area contributed by atoms with Crippen LogP contribution in [0.2, 0.25) is 0 Å². The third-order valence-electron chi connectivity index (χ3n) is 4.48. The zero-order valence-electron chi connectivity index (χ0n) is 14.0. The summed E-state index contributed by atoms with van der Waals surface area (Å²) in [7, 11) is 2.01. The number of rotatable bonds is 6. The number of likely N-dealkylation sites (N-methyl/N-ethyl adjacent to an activating group) is 1. The number of thioether (sulfide) groups is 1. The van der Waals surface area contributed by atoms with Gasteiger partial charge in [0.25, 0.3) is 0 Å². The Balaban J connectivity index is 1.77. The van der Waals surface area contributed by atoms with Gasteiger partial charge in [0.05, 0.1) is 6.54 Å². The molecule has 0 heterocycles. The molecule has 0 aromatic heterocycles. The number of hydrogen-bond acceptors (Lipinski definition) is 3. The smallest absolute Gasteiger partial charge is 0.234 e. The van der Waals surface area contributed by atoms with Crippen molar-refractivity contribution in [3.63, 3.8) is 0 Å². The molecule has 0 bridgehead atoms. The zero-order valence-corrected chi connectivity index (χ0v) is 14.8. The van der Waals surface area contributed by atoms with E-state index in [-0.39, 0.29) is 5.91 Å². The number of carbonyl (C=O) groups is 1. The molecule has 1 amide bonds. The van der Waals surface area contributed by atoms with Crippen LogP contribution in [0, 0.1) is 5.92 Å². The van der Waals surface area contributed by atoms with Crippen LogP contribution in [0.5, 0.6) is 0 Å². The number of benzene rings is 1. The lowest BCUT2D eigenvalue weighted by atomic mass is 9.86. The number of carbonyl (C=O) groups excluding carboxylic acids is 1. The van der Waals surface area contributed by atoms with Crippen molar-refractivity contribution in [2.45, 2.75) is 50.1 Å². The highest BCUT2D eigenvalue weighted by Crippen LogP contribution is 2.23. The van der Waals surface area contributed by atoms with E-state index in [2.05, 4.69) is 47.7 Å². The third kappa shape index (κ3) is 5.33. The van der Waals surface area contributed by atoms with Crippen molar-refractivity contribution in [3.05, 3.63) is 29.8 Å². The second-order valence-electron chi connectivity index (χ2n) is 6.46. The van der Waals surface area contributed by atoms with Crippen molar-refractivity contribution in [2.75, 3.05) is 19.8 Å². The Kier molecular flexibility index (Phi) is 6.77. The first kappa shape index (κ1) is 17.4. The highest BCUT2D eigenvalue weighted by atomic mass is 32.2. The molecule has 0 aliphatic heterocycles. The molecule has 22 heavy (non-hydrogen) atoms. The number of amides is 1. The van der Waals surface area contributed by atoms with E-state index in [0.717, 1.165) is 13.0 Å². The lowest BCUT2D eigenvalue weighted by Gasteiger charge is -2.30. The molecule has 122 valence electrons. The highest BCUT2D eigenvalue weighted by molar-refractivity contribution is 7.98. The van der Waals surface area contributed by atoms with Gasteiger partial charge in [0.15, 0.2) is 0 Å². The first-order chi connectivity index (χ1) is 10.6. The Morgan fingerprint density at radius 3 is 2.59 bits per heavy atom. The molecule has 1 aliphatic carbocycles. The summed E-state index contributed by atoms with van der Waals surface area (Å²) in [6.07, 6.45) is 7.00. The number of nitrogens with zero attached hydrogens (tertiary/aromatic N) is 1. The van der Waals surface area contributed by atoms with E-state index in [1.807, 2.05) is 7.05 Å². The summed E-state index contributed by atoms with van der Waals surface area (Å²) in [6, 6.07) is 8.93. The fourth-order valence-corrected chi connectivity index (χ4v) is 3.54.